The van der Waals surface area contributed by atoms with Crippen molar-refractivity contribution in [3.63, 3.8) is 0 Å². The average molecular weight is 246 g/mol. The smallest absolute Gasteiger partial charge is 0.119 e. The van der Waals surface area contributed by atoms with E-state index in [1.54, 1.807) is 0 Å². The van der Waals surface area contributed by atoms with E-state index in [9.17, 15) is 0 Å². The largest absolute Gasteiger partial charge is 0.490 e. The van der Waals surface area contributed by atoms with Crippen LogP contribution < -0.4 is 4.74 Å². The average Bonchev–Trinajstić information content (AvgIpc) is 2.28. The van der Waals surface area contributed by atoms with E-state index in [-0.39, 0.29) is 0 Å². The molecule has 2 rings (SSSR count). The molecule has 18 heavy (non-hydrogen) atoms. The molecule has 0 heterocycles. The molecule has 2 atom stereocenters. The van der Waals surface area contributed by atoms with Crippen LogP contribution in [0.15, 0.2) is 24.3 Å². The molecule has 1 aliphatic rings. The van der Waals surface area contributed by atoms with Crippen molar-refractivity contribution in [2.24, 2.45) is 11.8 Å². The Morgan fingerprint density at radius 1 is 0.944 bits per heavy atom. The van der Waals surface area contributed by atoms with Crippen molar-refractivity contribution in [3.8, 4) is 5.75 Å². The van der Waals surface area contributed by atoms with Gasteiger partial charge in [-0.3, -0.25) is 0 Å². The third kappa shape index (κ3) is 3.51. The first-order valence-electron chi connectivity index (χ1n) is 7.31. The number of rotatable bonds is 3. The minimum Gasteiger partial charge on any atom is -0.490 e. The van der Waals surface area contributed by atoms with E-state index in [1.807, 2.05) is 0 Å². The van der Waals surface area contributed by atoms with Gasteiger partial charge < -0.3 is 4.74 Å². The number of benzene rings is 1. The fourth-order valence-electron chi connectivity index (χ4n) is 3.09. The second-order valence-electron chi connectivity index (χ2n) is 6.38. The molecule has 100 valence electrons. The summed E-state index contributed by atoms with van der Waals surface area (Å²) in [6.07, 6.45) is 4.17. The maximum Gasteiger partial charge on any atom is 0.119 e. The summed E-state index contributed by atoms with van der Waals surface area (Å²) in [7, 11) is 0. The molecular formula is C17H26O. The lowest BCUT2D eigenvalue weighted by Gasteiger charge is -2.31. The Morgan fingerprint density at radius 2 is 1.50 bits per heavy atom. The quantitative estimate of drug-likeness (QED) is 0.728. The fourth-order valence-corrected chi connectivity index (χ4v) is 3.09. The van der Waals surface area contributed by atoms with Gasteiger partial charge in [0.05, 0.1) is 6.10 Å². The molecule has 0 N–H and O–H groups in total. The number of hydrogen-bond donors (Lipinski definition) is 0. The highest BCUT2D eigenvalue weighted by Crippen LogP contribution is 2.31. The molecule has 1 aromatic carbocycles. The highest BCUT2D eigenvalue weighted by molar-refractivity contribution is 5.29. The van der Waals surface area contributed by atoms with Crippen LogP contribution in [0.3, 0.4) is 0 Å². The van der Waals surface area contributed by atoms with Gasteiger partial charge >= 0.3 is 0 Å². The predicted octanol–water partition coefficient (Wildman–Crippen LogP) is 5.01. The fraction of sp³-hybridized carbons (Fsp3) is 0.647. The van der Waals surface area contributed by atoms with Crippen LogP contribution in [0.1, 0.15) is 58.4 Å². The van der Waals surface area contributed by atoms with Crippen LogP contribution in [0.4, 0.5) is 0 Å². The second kappa shape index (κ2) is 5.77. The normalized spacial score (nSPS) is 28.4. The summed E-state index contributed by atoms with van der Waals surface area (Å²) in [4.78, 5) is 0. The highest BCUT2D eigenvalue weighted by atomic mass is 16.5. The Balaban J connectivity index is 1.96. The Labute approximate surface area is 112 Å². The lowest BCUT2D eigenvalue weighted by molar-refractivity contribution is 0.101. The molecule has 1 heteroatoms. The van der Waals surface area contributed by atoms with Gasteiger partial charge in [-0.05, 0) is 54.7 Å². The van der Waals surface area contributed by atoms with E-state index in [1.165, 1.54) is 24.8 Å². The maximum absolute atomic E-state index is 6.13. The van der Waals surface area contributed by atoms with Crippen molar-refractivity contribution in [1.29, 1.82) is 0 Å². The lowest BCUT2D eigenvalue weighted by Crippen LogP contribution is -2.28. The Bertz CT molecular complexity index is 356. The molecule has 1 aromatic rings. The number of hydrogen-bond acceptors (Lipinski definition) is 1. The minimum atomic E-state index is 0.411. The molecule has 0 saturated heterocycles. The Morgan fingerprint density at radius 3 is 2.00 bits per heavy atom. The van der Waals surface area contributed by atoms with Gasteiger partial charge in [-0.25, -0.2) is 0 Å². The summed E-state index contributed by atoms with van der Waals surface area (Å²) in [5.74, 6) is 3.22. The third-order valence-electron chi connectivity index (χ3n) is 3.98. The molecule has 1 nitrogen and oxygen atoms in total. The second-order valence-corrected chi connectivity index (χ2v) is 6.38. The molecule has 0 aromatic heterocycles. The highest BCUT2D eigenvalue weighted by Gasteiger charge is 2.25. The summed E-state index contributed by atoms with van der Waals surface area (Å²) < 4.78 is 6.13. The van der Waals surface area contributed by atoms with Crippen LogP contribution in [0, 0.1) is 11.8 Å². The Kier molecular flexibility index (Phi) is 4.31. The lowest BCUT2D eigenvalue weighted by atomic mass is 9.82. The van der Waals surface area contributed by atoms with Gasteiger partial charge in [0.15, 0.2) is 0 Å². The van der Waals surface area contributed by atoms with Crippen LogP contribution in [-0.2, 0) is 0 Å². The first-order chi connectivity index (χ1) is 8.54. The van der Waals surface area contributed by atoms with Gasteiger partial charge in [0.2, 0.25) is 0 Å². The van der Waals surface area contributed by atoms with Crippen LogP contribution in [0.25, 0.3) is 0 Å². The van der Waals surface area contributed by atoms with E-state index in [0.717, 1.165) is 17.6 Å². The zero-order valence-corrected chi connectivity index (χ0v) is 12.1. The van der Waals surface area contributed by atoms with Crippen molar-refractivity contribution in [2.75, 3.05) is 0 Å². The van der Waals surface area contributed by atoms with E-state index < -0.39 is 0 Å². The maximum atomic E-state index is 6.13. The standard InChI is InChI=1S/C17H26O/c1-12(2)15-5-7-16(8-6-15)18-17-10-13(3)9-14(4)11-17/h5-8,12-14,17H,9-11H2,1-4H3. The third-order valence-corrected chi connectivity index (χ3v) is 3.98. The molecule has 2 unspecified atom stereocenters. The molecule has 0 amide bonds. The number of ether oxygens (including phenoxy) is 1. The molecule has 1 fully saturated rings. The van der Waals surface area contributed by atoms with Crippen LogP contribution >= 0.6 is 0 Å². The summed E-state index contributed by atoms with van der Waals surface area (Å²) in [5, 5.41) is 0. The molecule has 1 saturated carbocycles. The van der Waals surface area contributed by atoms with E-state index in [2.05, 4.69) is 52.0 Å². The predicted molar refractivity (Wildman–Crippen MR) is 77.1 cm³/mol. The van der Waals surface area contributed by atoms with Crippen molar-refractivity contribution in [2.45, 2.75) is 59.0 Å². The SMILES string of the molecule is CC1CC(C)CC(Oc2ccc(C(C)C)cc2)C1. The van der Waals surface area contributed by atoms with E-state index >= 15 is 0 Å². The van der Waals surface area contributed by atoms with Crippen molar-refractivity contribution in [3.05, 3.63) is 29.8 Å². The first kappa shape index (κ1) is 13.5. The van der Waals surface area contributed by atoms with Gasteiger partial charge in [0, 0.05) is 0 Å². The van der Waals surface area contributed by atoms with Crippen molar-refractivity contribution in [1.82, 2.24) is 0 Å². The van der Waals surface area contributed by atoms with Gasteiger partial charge in [-0.2, -0.15) is 0 Å². The van der Waals surface area contributed by atoms with Crippen molar-refractivity contribution >= 4 is 0 Å². The summed E-state index contributed by atoms with van der Waals surface area (Å²) in [5.41, 5.74) is 1.38. The zero-order valence-electron chi connectivity index (χ0n) is 12.1. The van der Waals surface area contributed by atoms with Crippen LogP contribution in [0.2, 0.25) is 0 Å². The van der Waals surface area contributed by atoms with Gasteiger partial charge in [0.25, 0.3) is 0 Å². The Hall–Kier alpha value is -0.980. The molecule has 0 aliphatic heterocycles. The summed E-state index contributed by atoms with van der Waals surface area (Å²) in [6, 6.07) is 8.63. The summed E-state index contributed by atoms with van der Waals surface area (Å²) >= 11 is 0. The zero-order chi connectivity index (χ0) is 13.1. The molecule has 0 spiro atoms. The van der Waals surface area contributed by atoms with Gasteiger partial charge in [-0.15, -0.1) is 0 Å². The first-order valence-corrected chi connectivity index (χ1v) is 7.31. The monoisotopic (exact) mass is 246 g/mol. The van der Waals surface area contributed by atoms with Crippen LogP contribution in [0.5, 0.6) is 5.75 Å². The van der Waals surface area contributed by atoms with Gasteiger partial charge in [-0.1, -0.05) is 39.8 Å². The van der Waals surface area contributed by atoms with E-state index in [4.69, 9.17) is 4.74 Å². The van der Waals surface area contributed by atoms with Crippen molar-refractivity contribution < 1.29 is 4.74 Å². The van der Waals surface area contributed by atoms with E-state index in [0.29, 0.717) is 12.0 Å². The van der Waals surface area contributed by atoms with Gasteiger partial charge in [0.1, 0.15) is 5.75 Å². The molecular weight excluding hydrogens is 220 g/mol. The molecule has 0 bridgehead atoms. The topological polar surface area (TPSA) is 9.23 Å². The minimum absolute atomic E-state index is 0.411. The molecule has 0 radical (unpaired) electrons. The molecule has 1 aliphatic carbocycles. The summed E-state index contributed by atoms with van der Waals surface area (Å²) in [6.45, 7) is 9.13. The van der Waals surface area contributed by atoms with Crippen LogP contribution in [-0.4, -0.2) is 6.10 Å².